The molecule has 0 aliphatic heterocycles. The molecule has 0 saturated heterocycles. The SMILES string of the molecule is I.Nc1ncnc2ccccc12. The van der Waals surface area contributed by atoms with Gasteiger partial charge < -0.3 is 5.73 Å². The van der Waals surface area contributed by atoms with Crippen molar-refractivity contribution in [1.82, 2.24) is 9.97 Å². The predicted octanol–water partition coefficient (Wildman–Crippen LogP) is 1.83. The van der Waals surface area contributed by atoms with Crippen molar-refractivity contribution < 1.29 is 0 Å². The van der Waals surface area contributed by atoms with Gasteiger partial charge in [0.2, 0.25) is 0 Å². The molecule has 0 atom stereocenters. The van der Waals surface area contributed by atoms with Gasteiger partial charge in [-0.2, -0.15) is 0 Å². The van der Waals surface area contributed by atoms with E-state index in [2.05, 4.69) is 9.97 Å². The first-order chi connectivity index (χ1) is 5.38. The standard InChI is InChI=1S/C8H7N3.HI/c9-8-6-3-1-2-4-7(6)10-5-11-8;/h1-5H,(H2,9,10,11);1H. The molecule has 1 aromatic carbocycles. The largest absolute Gasteiger partial charge is 0.383 e. The Balaban J connectivity index is 0.000000720. The lowest BCUT2D eigenvalue weighted by Gasteiger charge is -1.96. The van der Waals surface area contributed by atoms with E-state index in [1.54, 1.807) is 0 Å². The number of nitrogens with two attached hydrogens (primary N) is 1. The number of hydrogen-bond donors (Lipinski definition) is 1. The summed E-state index contributed by atoms with van der Waals surface area (Å²) in [7, 11) is 0. The van der Waals surface area contributed by atoms with E-state index in [1.807, 2.05) is 24.3 Å². The van der Waals surface area contributed by atoms with Gasteiger partial charge in [0, 0.05) is 5.39 Å². The molecular formula is C8H8IN3. The third-order valence-electron chi connectivity index (χ3n) is 1.57. The Bertz CT molecular complexity index is 383. The lowest BCUT2D eigenvalue weighted by Crippen LogP contribution is -1.91. The summed E-state index contributed by atoms with van der Waals surface area (Å²) in [5.41, 5.74) is 6.49. The molecule has 2 N–H and O–H groups in total. The van der Waals surface area contributed by atoms with Crippen LogP contribution in [0.1, 0.15) is 0 Å². The van der Waals surface area contributed by atoms with Gasteiger partial charge in [0.05, 0.1) is 5.52 Å². The molecule has 12 heavy (non-hydrogen) atoms. The number of hydrogen-bond acceptors (Lipinski definition) is 3. The average Bonchev–Trinajstić information content (AvgIpc) is 2.06. The first-order valence-corrected chi connectivity index (χ1v) is 3.33. The predicted molar refractivity (Wildman–Crippen MR) is 59.4 cm³/mol. The van der Waals surface area contributed by atoms with Crippen LogP contribution in [0.4, 0.5) is 5.82 Å². The molecule has 0 bridgehead atoms. The van der Waals surface area contributed by atoms with Crippen molar-refractivity contribution in [2.75, 3.05) is 5.73 Å². The van der Waals surface area contributed by atoms with Gasteiger partial charge in [0.25, 0.3) is 0 Å². The number of nitrogens with zero attached hydrogens (tertiary/aromatic N) is 2. The Morgan fingerprint density at radius 2 is 1.83 bits per heavy atom. The average molecular weight is 273 g/mol. The third-order valence-corrected chi connectivity index (χ3v) is 1.57. The number of para-hydroxylation sites is 1. The maximum Gasteiger partial charge on any atom is 0.134 e. The molecule has 2 aromatic rings. The summed E-state index contributed by atoms with van der Waals surface area (Å²) in [5.74, 6) is 0.538. The van der Waals surface area contributed by atoms with E-state index in [4.69, 9.17) is 5.73 Å². The monoisotopic (exact) mass is 273 g/mol. The summed E-state index contributed by atoms with van der Waals surface area (Å²) in [5, 5.41) is 0.912. The number of nitrogen functional groups attached to an aromatic ring is 1. The molecule has 2 rings (SSSR count). The van der Waals surface area contributed by atoms with Crippen molar-refractivity contribution in [3.05, 3.63) is 30.6 Å². The highest BCUT2D eigenvalue weighted by atomic mass is 127. The summed E-state index contributed by atoms with van der Waals surface area (Å²) in [6.45, 7) is 0. The van der Waals surface area contributed by atoms with Crippen LogP contribution in [0.3, 0.4) is 0 Å². The van der Waals surface area contributed by atoms with Crippen LogP contribution in [0.15, 0.2) is 30.6 Å². The molecule has 0 fully saturated rings. The Morgan fingerprint density at radius 1 is 1.08 bits per heavy atom. The Labute approximate surface area is 87.0 Å². The molecule has 3 nitrogen and oxygen atoms in total. The van der Waals surface area contributed by atoms with Crippen LogP contribution < -0.4 is 5.73 Å². The number of fused-ring (bicyclic) bond motifs is 1. The highest BCUT2D eigenvalue weighted by molar-refractivity contribution is 14.0. The minimum absolute atomic E-state index is 0. The van der Waals surface area contributed by atoms with Crippen LogP contribution >= 0.6 is 24.0 Å². The van der Waals surface area contributed by atoms with Crippen LogP contribution in [0.25, 0.3) is 10.9 Å². The number of rotatable bonds is 0. The van der Waals surface area contributed by atoms with Crippen LogP contribution in [0.2, 0.25) is 0 Å². The van der Waals surface area contributed by atoms with Gasteiger partial charge in [0.1, 0.15) is 12.1 Å². The molecule has 4 heteroatoms. The van der Waals surface area contributed by atoms with E-state index in [-0.39, 0.29) is 24.0 Å². The fourth-order valence-corrected chi connectivity index (χ4v) is 1.03. The second kappa shape index (κ2) is 3.66. The number of benzene rings is 1. The maximum absolute atomic E-state index is 5.61. The van der Waals surface area contributed by atoms with Gasteiger partial charge >= 0.3 is 0 Å². The fraction of sp³-hybridized carbons (Fsp3) is 0. The normalized spacial score (nSPS) is 9.33. The molecule has 1 aromatic heterocycles. The van der Waals surface area contributed by atoms with Crippen molar-refractivity contribution in [1.29, 1.82) is 0 Å². The smallest absolute Gasteiger partial charge is 0.134 e. The quantitative estimate of drug-likeness (QED) is 0.745. The summed E-state index contributed by atoms with van der Waals surface area (Å²) in [6, 6.07) is 7.66. The van der Waals surface area contributed by atoms with Gasteiger partial charge in [-0.25, -0.2) is 9.97 Å². The Hall–Kier alpha value is -0.910. The van der Waals surface area contributed by atoms with Crippen molar-refractivity contribution in [2.45, 2.75) is 0 Å². The van der Waals surface area contributed by atoms with Crippen molar-refractivity contribution in [2.24, 2.45) is 0 Å². The molecular weight excluding hydrogens is 265 g/mol. The van der Waals surface area contributed by atoms with Crippen molar-refractivity contribution in [3.63, 3.8) is 0 Å². The maximum atomic E-state index is 5.61. The summed E-state index contributed by atoms with van der Waals surface area (Å²) >= 11 is 0. The molecule has 0 radical (unpaired) electrons. The highest BCUT2D eigenvalue weighted by Gasteiger charge is 1.95. The highest BCUT2D eigenvalue weighted by Crippen LogP contribution is 2.14. The van der Waals surface area contributed by atoms with E-state index in [9.17, 15) is 0 Å². The number of halogens is 1. The molecule has 0 amide bonds. The van der Waals surface area contributed by atoms with Crippen LogP contribution in [-0.4, -0.2) is 9.97 Å². The van der Waals surface area contributed by atoms with Gasteiger partial charge in [-0.15, -0.1) is 24.0 Å². The lowest BCUT2D eigenvalue weighted by atomic mass is 10.2. The Morgan fingerprint density at radius 3 is 2.58 bits per heavy atom. The van der Waals surface area contributed by atoms with Crippen LogP contribution in [-0.2, 0) is 0 Å². The first-order valence-electron chi connectivity index (χ1n) is 3.33. The van der Waals surface area contributed by atoms with E-state index in [0.29, 0.717) is 5.82 Å². The first kappa shape index (κ1) is 9.18. The van der Waals surface area contributed by atoms with Gasteiger partial charge in [-0.3, -0.25) is 0 Å². The number of anilines is 1. The minimum Gasteiger partial charge on any atom is -0.383 e. The number of aromatic nitrogens is 2. The van der Waals surface area contributed by atoms with Gasteiger partial charge in [-0.1, -0.05) is 12.1 Å². The Kier molecular flexibility index (Phi) is 2.80. The summed E-state index contributed by atoms with van der Waals surface area (Å²) in [6.07, 6.45) is 1.47. The van der Waals surface area contributed by atoms with Crippen LogP contribution in [0.5, 0.6) is 0 Å². The third kappa shape index (κ3) is 1.47. The lowest BCUT2D eigenvalue weighted by molar-refractivity contribution is 1.23. The van der Waals surface area contributed by atoms with Crippen molar-refractivity contribution in [3.8, 4) is 0 Å². The molecule has 0 unspecified atom stereocenters. The van der Waals surface area contributed by atoms with Gasteiger partial charge in [-0.05, 0) is 12.1 Å². The van der Waals surface area contributed by atoms with Crippen molar-refractivity contribution >= 4 is 40.7 Å². The zero-order chi connectivity index (χ0) is 7.68. The van der Waals surface area contributed by atoms with Crippen LogP contribution in [0, 0.1) is 0 Å². The minimum atomic E-state index is 0. The zero-order valence-corrected chi connectivity index (χ0v) is 8.60. The second-order valence-corrected chi connectivity index (χ2v) is 2.28. The molecule has 0 saturated carbocycles. The van der Waals surface area contributed by atoms with E-state index in [1.165, 1.54) is 6.33 Å². The van der Waals surface area contributed by atoms with E-state index >= 15 is 0 Å². The molecule has 0 aliphatic rings. The molecule has 0 aliphatic carbocycles. The molecule has 62 valence electrons. The molecule has 0 spiro atoms. The zero-order valence-electron chi connectivity index (χ0n) is 6.27. The van der Waals surface area contributed by atoms with E-state index < -0.39 is 0 Å². The second-order valence-electron chi connectivity index (χ2n) is 2.28. The summed E-state index contributed by atoms with van der Waals surface area (Å²) in [4.78, 5) is 7.92. The van der Waals surface area contributed by atoms with Gasteiger partial charge in [0.15, 0.2) is 0 Å². The summed E-state index contributed by atoms with van der Waals surface area (Å²) < 4.78 is 0. The van der Waals surface area contributed by atoms with E-state index in [0.717, 1.165) is 10.9 Å². The fourth-order valence-electron chi connectivity index (χ4n) is 1.03. The topological polar surface area (TPSA) is 51.8 Å². The molecule has 1 heterocycles.